The molecule has 2 aromatic rings. The Morgan fingerprint density at radius 1 is 1.58 bits per heavy atom. The largest absolute Gasteiger partial charge is 0.504 e. The number of benzene rings is 1. The molecule has 1 aromatic carbocycles. The van der Waals surface area contributed by atoms with E-state index in [9.17, 15) is 5.11 Å². The van der Waals surface area contributed by atoms with Crippen molar-refractivity contribution in [2.24, 2.45) is 5.10 Å². The van der Waals surface area contributed by atoms with Crippen LogP contribution in [0, 0.1) is 0 Å². The van der Waals surface area contributed by atoms with Crippen molar-refractivity contribution in [1.82, 2.24) is 14.9 Å². The molecular weight excluding hydrogens is 248 g/mol. The van der Waals surface area contributed by atoms with Gasteiger partial charge in [0.25, 0.3) is 5.95 Å². The Kier molecular flexibility index (Phi) is 3.81. The molecule has 1 aromatic heterocycles. The Balaban J connectivity index is 2.06. The van der Waals surface area contributed by atoms with Gasteiger partial charge < -0.3 is 15.7 Å². The summed E-state index contributed by atoms with van der Waals surface area (Å²) >= 11 is 0. The minimum Gasteiger partial charge on any atom is -0.504 e. The van der Waals surface area contributed by atoms with E-state index in [1.54, 1.807) is 18.3 Å². The Labute approximate surface area is 109 Å². The number of nitrogen functional groups attached to an aromatic ring is 1. The number of phenols is 1. The Hall–Kier alpha value is -2.77. The molecule has 0 bridgehead atoms. The molecule has 0 saturated carbocycles. The van der Waals surface area contributed by atoms with Crippen LogP contribution in [0.2, 0.25) is 0 Å². The lowest BCUT2D eigenvalue weighted by Gasteiger charge is -2.05. The number of hydrazone groups is 1. The number of aromatic nitrogens is 3. The zero-order valence-corrected chi connectivity index (χ0v) is 10.3. The SMILES string of the molecule is CCOc1cc(C=NNc2nncn2N)ccc1O. The van der Waals surface area contributed by atoms with Gasteiger partial charge in [-0.3, -0.25) is 0 Å². The first-order valence-corrected chi connectivity index (χ1v) is 5.60. The second-order valence-electron chi connectivity index (χ2n) is 3.59. The third kappa shape index (κ3) is 3.12. The highest BCUT2D eigenvalue weighted by atomic mass is 16.5. The van der Waals surface area contributed by atoms with E-state index < -0.39 is 0 Å². The van der Waals surface area contributed by atoms with E-state index in [2.05, 4.69) is 20.7 Å². The maximum Gasteiger partial charge on any atom is 0.263 e. The summed E-state index contributed by atoms with van der Waals surface area (Å²) in [7, 11) is 0. The fourth-order valence-electron chi connectivity index (χ4n) is 1.37. The summed E-state index contributed by atoms with van der Waals surface area (Å²) in [4.78, 5) is 0. The Bertz CT molecular complexity index is 580. The van der Waals surface area contributed by atoms with E-state index in [-0.39, 0.29) is 5.75 Å². The van der Waals surface area contributed by atoms with Gasteiger partial charge in [0.15, 0.2) is 11.5 Å². The first-order chi connectivity index (χ1) is 9.20. The summed E-state index contributed by atoms with van der Waals surface area (Å²) in [5.74, 6) is 6.33. The molecule has 0 atom stereocenters. The Morgan fingerprint density at radius 3 is 3.11 bits per heavy atom. The van der Waals surface area contributed by atoms with Gasteiger partial charge in [-0.15, -0.1) is 10.2 Å². The number of anilines is 1. The molecule has 2 rings (SSSR count). The summed E-state index contributed by atoms with van der Waals surface area (Å²) in [6, 6.07) is 4.92. The van der Waals surface area contributed by atoms with Gasteiger partial charge in [-0.2, -0.15) is 5.10 Å². The van der Waals surface area contributed by atoms with Crippen molar-refractivity contribution in [2.75, 3.05) is 17.9 Å². The minimum absolute atomic E-state index is 0.0914. The van der Waals surface area contributed by atoms with E-state index >= 15 is 0 Å². The minimum atomic E-state index is 0.0914. The van der Waals surface area contributed by atoms with E-state index in [4.69, 9.17) is 10.6 Å². The molecule has 8 heteroatoms. The van der Waals surface area contributed by atoms with Crippen LogP contribution in [0.1, 0.15) is 12.5 Å². The van der Waals surface area contributed by atoms with Crippen molar-refractivity contribution in [3.05, 3.63) is 30.1 Å². The molecule has 0 radical (unpaired) electrons. The van der Waals surface area contributed by atoms with Gasteiger partial charge in [0.2, 0.25) is 0 Å². The van der Waals surface area contributed by atoms with Gasteiger partial charge in [-0.05, 0) is 30.7 Å². The summed E-state index contributed by atoms with van der Waals surface area (Å²) in [6.45, 7) is 2.32. The number of rotatable bonds is 5. The highest BCUT2D eigenvalue weighted by Crippen LogP contribution is 2.26. The summed E-state index contributed by atoms with van der Waals surface area (Å²) in [6.07, 6.45) is 2.91. The highest BCUT2D eigenvalue weighted by Gasteiger charge is 2.02. The van der Waals surface area contributed by atoms with Gasteiger partial charge in [-0.1, -0.05) is 0 Å². The van der Waals surface area contributed by atoms with Crippen LogP contribution < -0.4 is 16.0 Å². The summed E-state index contributed by atoms with van der Waals surface area (Å²) < 4.78 is 6.48. The number of hydrogen-bond donors (Lipinski definition) is 3. The van der Waals surface area contributed by atoms with Crippen molar-refractivity contribution in [1.29, 1.82) is 0 Å². The molecular formula is C11H14N6O2. The predicted octanol–water partition coefficient (Wildman–Crippen LogP) is 0.542. The topological polar surface area (TPSA) is 111 Å². The first-order valence-electron chi connectivity index (χ1n) is 5.60. The van der Waals surface area contributed by atoms with Crippen LogP contribution in [0.25, 0.3) is 0 Å². The lowest BCUT2D eigenvalue weighted by Crippen LogP contribution is -2.10. The number of nitrogens with one attached hydrogen (secondary N) is 1. The van der Waals surface area contributed by atoms with Crippen LogP contribution in [-0.2, 0) is 0 Å². The van der Waals surface area contributed by atoms with Crippen molar-refractivity contribution in [2.45, 2.75) is 6.92 Å². The van der Waals surface area contributed by atoms with Crippen molar-refractivity contribution >= 4 is 12.2 Å². The molecule has 8 nitrogen and oxygen atoms in total. The van der Waals surface area contributed by atoms with Gasteiger partial charge in [0.1, 0.15) is 6.33 Å². The smallest absolute Gasteiger partial charge is 0.263 e. The number of aromatic hydroxyl groups is 1. The lowest BCUT2D eigenvalue weighted by atomic mass is 10.2. The average Bonchev–Trinajstić information content (AvgIpc) is 2.79. The molecule has 0 unspecified atom stereocenters. The molecule has 4 N–H and O–H groups in total. The molecule has 0 amide bonds. The molecule has 19 heavy (non-hydrogen) atoms. The van der Waals surface area contributed by atoms with Crippen LogP contribution in [0.4, 0.5) is 5.95 Å². The molecule has 0 spiro atoms. The predicted molar refractivity (Wildman–Crippen MR) is 70.7 cm³/mol. The van der Waals surface area contributed by atoms with Crippen molar-refractivity contribution in [3.8, 4) is 11.5 Å². The van der Waals surface area contributed by atoms with E-state index in [1.807, 2.05) is 6.92 Å². The van der Waals surface area contributed by atoms with E-state index in [0.717, 1.165) is 5.56 Å². The zero-order valence-electron chi connectivity index (χ0n) is 10.3. The highest BCUT2D eigenvalue weighted by molar-refractivity contribution is 5.81. The quantitative estimate of drug-likeness (QED) is 0.412. The van der Waals surface area contributed by atoms with Gasteiger partial charge in [-0.25, -0.2) is 10.1 Å². The molecule has 0 fully saturated rings. The number of nitrogens with two attached hydrogens (primary N) is 1. The standard InChI is InChI=1S/C11H14N6O2/c1-2-19-10-5-8(3-4-9(10)18)6-13-15-11-16-14-7-17(11)12/h3-7,18H,2,12H2,1H3,(H,15,16). The Morgan fingerprint density at radius 2 is 2.42 bits per heavy atom. The molecule has 1 heterocycles. The normalized spacial score (nSPS) is 10.8. The summed E-state index contributed by atoms with van der Waals surface area (Å²) in [5, 5.41) is 20.8. The van der Waals surface area contributed by atoms with Crippen molar-refractivity contribution in [3.63, 3.8) is 0 Å². The molecule has 0 aliphatic carbocycles. The third-order valence-electron chi connectivity index (χ3n) is 2.23. The van der Waals surface area contributed by atoms with Crippen LogP contribution in [0.5, 0.6) is 11.5 Å². The average molecular weight is 262 g/mol. The fourth-order valence-corrected chi connectivity index (χ4v) is 1.37. The van der Waals surface area contributed by atoms with Gasteiger partial charge in [0.05, 0.1) is 12.8 Å². The second kappa shape index (κ2) is 5.71. The van der Waals surface area contributed by atoms with Crippen LogP contribution >= 0.6 is 0 Å². The first kappa shape index (κ1) is 12.7. The van der Waals surface area contributed by atoms with Crippen LogP contribution in [-0.4, -0.2) is 32.8 Å². The third-order valence-corrected chi connectivity index (χ3v) is 2.23. The number of nitrogens with zero attached hydrogens (tertiary/aromatic N) is 4. The van der Waals surface area contributed by atoms with E-state index in [0.29, 0.717) is 18.3 Å². The molecule has 0 saturated heterocycles. The molecule has 0 aliphatic heterocycles. The summed E-state index contributed by atoms with van der Waals surface area (Å²) in [5.41, 5.74) is 3.40. The zero-order chi connectivity index (χ0) is 13.7. The molecule has 100 valence electrons. The number of phenolic OH excluding ortho intramolecular Hbond substituents is 1. The van der Waals surface area contributed by atoms with Crippen LogP contribution in [0.15, 0.2) is 29.6 Å². The van der Waals surface area contributed by atoms with E-state index in [1.165, 1.54) is 17.1 Å². The molecule has 0 aliphatic rings. The second-order valence-corrected chi connectivity index (χ2v) is 3.59. The monoisotopic (exact) mass is 262 g/mol. The maximum absolute atomic E-state index is 9.55. The lowest BCUT2D eigenvalue weighted by molar-refractivity contribution is 0.318. The number of hydrogen-bond acceptors (Lipinski definition) is 7. The van der Waals surface area contributed by atoms with Gasteiger partial charge in [0, 0.05) is 0 Å². The number of ether oxygens (including phenoxy) is 1. The van der Waals surface area contributed by atoms with Crippen molar-refractivity contribution < 1.29 is 9.84 Å². The maximum atomic E-state index is 9.55. The fraction of sp³-hybridized carbons (Fsp3) is 0.182. The van der Waals surface area contributed by atoms with Gasteiger partial charge >= 0.3 is 0 Å². The van der Waals surface area contributed by atoms with Crippen LogP contribution in [0.3, 0.4) is 0 Å².